The molecule has 2 aromatic carbocycles. The molecule has 0 saturated carbocycles. The molecule has 146 valence electrons. The lowest BCUT2D eigenvalue weighted by atomic mass is 10.1. The maximum atomic E-state index is 5.68. The lowest BCUT2D eigenvalue weighted by molar-refractivity contribution is 0.174. The number of aromatic nitrogens is 1. The van der Waals surface area contributed by atoms with Gasteiger partial charge in [0.1, 0.15) is 0 Å². The highest BCUT2D eigenvalue weighted by molar-refractivity contribution is 7.07. The monoisotopic (exact) mass is 404 g/mol. The first-order valence-electron chi connectivity index (χ1n) is 9.40. The summed E-state index contributed by atoms with van der Waals surface area (Å²) in [6.07, 6.45) is 1.69. The van der Waals surface area contributed by atoms with Crippen LogP contribution in [0, 0.1) is 13.8 Å². The van der Waals surface area contributed by atoms with Gasteiger partial charge in [-0.1, -0.05) is 18.2 Å². The molecule has 0 radical (unpaired) electrons. The van der Waals surface area contributed by atoms with Crippen molar-refractivity contribution in [2.45, 2.75) is 20.4 Å². The van der Waals surface area contributed by atoms with Crippen LogP contribution in [0.25, 0.3) is 11.5 Å². The Morgan fingerprint density at radius 2 is 1.93 bits per heavy atom. The number of furan rings is 1. The quantitative estimate of drug-likeness (QED) is 0.455. The fourth-order valence-corrected chi connectivity index (χ4v) is 4.26. The van der Waals surface area contributed by atoms with Crippen molar-refractivity contribution in [1.29, 1.82) is 0 Å². The zero-order valence-electron chi connectivity index (χ0n) is 16.2. The van der Waals surface area contributed by atoms with Crippen molar-refractivity contribution in [2.24, 2.45) is 4.99 Å². The van der Waals surface area contributed by atoms with Crippen LogP contribution in [0.5, 0.6) is 11.5 Å². The highest BCUT2D eigenvalue weighted by atomic mass is 32.1. The number of nitrogens with zero attached hydrogens (tertiary/aromatic N) is 2. The highest BCUT2D eigenvalue weighted by Gasteiger charge is 2.16. The molecular weight excluding hydrogens is 384 g/mol. The summed E-state index contributed by atoms with van der Waals surface area (Å²) < 4.78 is 18.8. The van der Waals surface area contributed by atoms with Crippen LogP contribution in [0.1, 0.15) is 16.7 Å². The van der Waals surface area contributed by atoms with Crippen LogP contribution in [-0.4, -0.2) is 11.4 Å². The van der Waals surface area contributed by atoms with Crippen molar-refractivity contribution in [2.75, 3.05) is 6.79 Å². The molecule has 6 heteroatoms. The molecule has 0 unspecified atom stereocenters. The average Bonchev–Trinajstić information content (AvgIpc) is 3.46. The summed E-state index contributed by atoms with van der Waals surface area (Å²) in [7, 11) is 0. The normalized spacial score (nSPS) is 13.2. The summed E-state index contributed by atoms with van der Waals surface area (Å²) in [5.74, 6) is 2.39. The summed E-state index contributed by atoms with van der Waals surface area (Å²) in [5.41, 5.74) is 5.44. The molecule has 0 atom stereocenters. The van der Waals surface area contributed by atoms with E-state index in [0.717, 1.165) is 44.6 Å². The summed E-state index contributed by atoms with van der Waals surface area (Å²) in [6.45, 7) is 5.10. The zero-order chi connectivity index (χ0) is 19.8. The largest absolute Gasteiger partial charge is 0.463 e. The van der Waals surface area contributed by atoms with Crippen molar-refractivity contribution >= 4 is 17.0 Å². The van der Waals surface area contributed by atoms with Gasteiger partial charge in [0.25, 0.3) is 0 Å². The number of fused-ring (bicyclic) bond motifs is 1. The van der Waals surface area contributed by atoms with Crippen LogP contribution in [0.2, 0.25) is 0 Å². The minimum Gasteiger partial charge on any atom is -0.463 e. The van der Waals surface area contributed by atoms with Gasteiger partial charge >= 0.3 is 0 Å². The first-order chi connectivity index (χ1) is 14.2. The second kappa shape index (κ2) is 7.29. The van der Waals surface area contributed by atoms with E-state index in [-0.39, 0.29) is 6.79 Å². The van der Waals surface area contributed by atoms with Gasteiger partial charge in [0.15, 0.2) is 22.1 Å². The van der Waals surface area contributed by atoms with Crippen LogP contribution < -0.4 is 14.3 Å². The lowest BCUT2D eigenvalue weighted by Gasteiger charge is -2.09. The number of rotatable bonds is 4. The van der Waals surface area contributed by atoms with Crippen LogP contribution in [-0.2, 0) is 6.54 Å². The van der Waals surface area contributed by atoms with E-state index >= 15 is 0 Å². The van der Waals surface area contributed by atoms with Crippen LogP contribution in [0.15, 0.2) is 69.6 Å². The Morgan fingerprint density at radius 3 is 2.79 bits per heavy atom. The molecule has 0 spiro atoms. The summed E-state index contributed by atoms with van der Waals surface area (Å²) >= 11 is 1.61. The minimum absolute atomic E-state index is 0.273. The maximum absolute atomic E-state index is 5.68. The second-order valence-electron chi connectivity index (χ2n) is 7.06. The molecule has 0 fully saturated rings. The van der Waals surface area contributed by atoms with E-state index < -0.39 is 0 Å². The number of thiazole rings is 1. The fourth-order valence-electron chi connectivity index (χ4n) is 3.36. The van der Waals surface area contributed by atoms with E-state index in [1.54, 1.807) is 17.6 Å². The topological polar surface area (TPSA) is 48.9 Å². The molecule has 0 N–H and O–H groups in total. The molecule has 1 aliphatic rings. The number of hydrogen-bond acceptors (Lipinski definition) is 5. The summed E-state index contributed by atoms with van der Waals surface area (Å²) in [6, 6.07) is 16.3. The third-order valence-corrected chi connectivity index (χ3v) is 5.79. The first-order valence-corrected chi connectivity index (χ1v) is 10.3. The Hall–Kier alpha value is -3.25. The van der Waals surface area contributed by atoms with Gasteiger partial charge in [-0.15, -0.1) is 11.3 Å². The van der Waals surface area contributed by atoms with E-state index in [9.17, 15) is 0 Å². The van der Waals surface area contributed by atoms with Gasteiger partial charge in [0.05, 0.1) is 24.2 Å². The van der Waals surface area contributed by atoms with E-state index in [0.29, 0.717) is 6.54 Å². The Bertz CT molecular complexity index is 1240. The standard InChI is InChI=1S/C23H20N2O3S/c1-15-5-6-16(2)18(10-15)24-23-25(19(13-29-23)20-4-3-9-26-20)12-17-7-8-21-22(11-17)28-14-27-21/h3-11,13H,12,14H2,1-2H3. The molecule has 2 aromatic heterocycles. The Labute approximate surface area is 172 Å². The van der Waals surface area contributed by atoms with Gasteiger partial charge in [-0.3, -0.25) is 0 Å². The van der Waals surface area contributed by atoms with Gasteiger partial charge in [0.2, 0.25) is 6.79 Å². The lowest BCUT2D eigenvalue weighted by Crippen LogP contribution is -2.16. The van der Waals surface area contributed by atoms with E-state index in [2.05, 4.69) is 48.1 Å². The predicted molar refractivity (Wildman–Crippen MR) is 113 cm³/mol. The number of aryl methyl sites for hydroxylation is 2. The molecule has 4 aromatic rings. The Kier molecular flexibility index (Phi) is 4.48. The average molecular weight is 404 g/mol. The Balaban J connectivity index is 1.63. The number of benzene rings is 2. The summed E-state index contributed by atoms with van der Waals surface area (Å²) in [5, 5.41) is 2.09. The third-order valence-electron chi connectivity index (χ3n) is 4.93. The van der Waals surface area contributed by atoms with Crippen molar-refractivity contribution in [3.05, 3.63) is 81.7 Å². The maximum Gasteiger partial charge on any atom is 0.231 e. The van der Waals surface area contributed by atoms with Gasteiger partial charge in [0, 0.05) is 5.38 Å². The van der Waals surface area contributed by atoms with Gasteiger partial charge < -0.3 is 18.5 Å². The third kappa shape index (κ3) is 3.47. The highest BCUT2D eigenvalue weighted by Crippen LogP contribution is 2.33. The Morgan fingerprint density at radius 1 is 1.03 bits per heavy atom. The molecule has 0 saturated heterocycles. The molecule has 3 heterocycles. The van der Waals surface area contributed by atoms with Crippen LogP contribution in [0.3, 0.4) is 0 Å². The predicted octanol–water partition coefficient (Wildman–Crippen LogP) is 5.44. The molecule has 0 amide bonds. The van der Waals surface area contributed by atoms with Gasteiger partial charge in [-0.05, 0) is 60.9 Å². The second-order valence-corrected chi connectivity index (χ2v) is 7.89. The van der Waals surface area contributed by atoms with Crippen LogP contribution in [0.4, 0.5) is 5.69 Å². The number of ether oxygens (including phenoxy) is 2. The fraction of sp³-hybridized carbons (Fsp3) is 0.174. The van der Waals surface area contributed by atoms with Crippen molar-refractivity contribution in [3.8, 4) is 23.0 Å². The molecule has 5 rings (SSSR count). The first kappa shape index (κ1) is 17.8. The molecule has 0 aliphatic carbocycles. The molecule has 29 heavy (non-hydrogen) atoms. The van der Waals surface area contributed by atoms with Crippen molar-refractivity contribution in [3.63, 3.8) is 0 Å². The molecular formula is C23H20N2O3S. The summed E-state index contributed by atoms with van der Waals surface area (Å²) in [4.78, 5) is 5.90. The molecule has 0 bridgehead atoms. The van der Waals surface area contributed by atoms with Crippen LogP contribution >= 0.6 is 11.3 Å². The van der Waals surface area contributed by atoms with E-state index in [1.165, 1.54) is 5.56 Å². The van der Waals surface area contributed by atoms with Crippen molar-refractivity contribution in [1.82, 2.24) is 4.57 Å². The van der Waals surface area contributed by atoms with E-state index in [4.69, 9.17) is 18.9 Å². The molecule has 5 nitrogen and oxygen atoms in total. The molecule has 1 aliphatic heterocycles. The number of hydrogen-bond donors (Lipinski definition) is 0. The minimum atomic E-state index is 0.273. The van der Waals surface area contributed by atoms with Gasteiger partial charge in [-0.2, -0.15) is 0 Å². The zero-order valence-corrected chi connectivity index (χ0v) is 17.0. The van der Waals surface area contributed by atoms with Crippen molar-refractivity contribution < 1.29 is 13.9 Å². The van der Waals surface area contributed by atoms with Gasteiger partial charge in [-0.25, -0.2) is 4.99 Å². The van der Waals surface area contributed by atoms with E-state index in [1.807, 2.05) is 24.3 Å². The SMILES string of the molecule is Cc1ccc(C)c(N=c2scc(-c3ccco3)n2Cc2ccc3c(c2)OCO3)c1. The smallest absolute Gasteiger partial charge is 0.231 e.